The van der Waals surface area contributed by atoms with Crippen LogP contribution in [0.15, 0.2) is 12.2 Å². The van der Waals surface area contributed by atoms with E-state index >= 15 is 0 Å². The molecule has 19 heavy (non-hydrogen) atoms. The molecule has 0 heterocycles. The molecule has 0 aromatic carbocycles. The maximum absolute atomic E-state index is 4.32. The van der Waals surface area contributed by atoms with Gasteiger partial charge in [-0.2, -0.15) is 0 Å². The maximum atomic E-state index is 4.32. The highest BCUT2D eigenvalue weighted by Gasteiger charge is 2.48. The minimum absolute atomic E-state index is 0.872. The maximum Gasteiger partial charge on any atom is -0.0175 e. The molecule has 6 atom stereocenters. The molecule has 3 fully saturated rings. The van der Waals surface area contributed by atoms with Crippen molar-refractivity contribution in [3.8, 4) is 0 Å². The lowest BCUT2D eigenvalue weighted by atomic mass is 9.85. The van der Waals surface area contributed by atoms with Crippen LogP contribution in [0.1, 0.15) is 71.6 Å². The Bertz CT molecular complexity index is 329. The highest BCUT2D eigenvalue weighted by atomic mass is 14.5. The quantitative estimate of drug-likeness (QED) is 0.548. The highest BCUT2D eigenvalue weighted by molar-refractivity contribution is 5.08. The van der Waals surface area contributed by atoms with Gasteiger partial charge in [0.1, 0.15) is 0 Å². The fourth-order valence-corrected chi connectivity index (χ4v) is 4.99. The first kappa shape index (κ1) is 13.7. The van der Waals surface area contributed by atoms with Crippen LogP contribution in [-0.4, -0.2) is 0 Å². The van der Waals surface area contributed by atoms with Crippen LogP contribution in [0.4, 0.5) is 0 Å². The average molecular weight is 260 g/mol. The second-order valence-electron chi connectivity index (χ2n) is 7.81. The Balaban J connectivity index is 1.65. The summed E-state index contributed by atoms with van der Waals surface area (Å²) in [6.07, 6.45) is 13.5. The van der Waals surface area contributed by atoms with Crippen molar-refractivity contribution in [2.24, 2.45) is 35.5 Å². The van der Waals surface area contributed by atoms with Crippen molar-refractivity contribution in [3.05, 3.63) is 12.2 Å². The predicted molar refractivity (Wildman–Crippen MR) is 83.0 cm³/mol. The van der Waals surface area contributed by atoms with Gasteiger partial charge in [0.05, 0.1) is 0 Å². The Morgan fingerprint density at radius 1 is 0.947 bits per heavy atom. The smallest absolute Gasteiger partial charge is 0.0175 e. The lowest BCUT2D eigenvalue weighted by Crippen LogP contribution is -2.11. The summed E-state index contributed by atoms with van der Waals surface area (Å²) in [5, 5.41) is 0. The predicted octanol–water partition coefficient (Wildman–Crippen LogP) is 5.83. The molecule has 0 spiro atoms. The van der Waals surface area contributed by atoms with Crippen LogP contribution in [0.25, 0.3) is 0 Å². The van der Waals surface area contributed by atoms with Crippen molar-refractivity contribution in [1.82, 2.24) is 0 Å². The van der Waals surface area contributed by atoms with Crippen molar-refractivity contribution < 1.29 is 0 Å². The fraction of sp³-hybridized carbons (Fsp3) is 0.895. The zero-order valence-corrected chi connectivity index (χ0v) is 13.0. The van der Waals surface area contributed by atoms with Gasteiger partial charge in [0.15, 0.2) is 0 Å². The van der Waals surface area contributed by atoms with Gasteiger partial charge < -0.3 is 0 Å². The third-order valence-electron chi connectivity index (χ3n) is 6.44. The van der Waals surface area contributed by atoms with Gasteiger partial charge >= 0.3 is 0 Å². The van der Waals surface area contributed by atoms with E-state index in [2.05, 4.69) is 20.4 Å². The van der Waals surface area contributed by atoms with Crippen LogP contribution < -0.4 is 0 Å². The average Bonchev–Trinajstić information content (AvgIpc) is 3.25. The molecule has 6 unspecified atom stereocenters. The first-order valence-electron chi connectivity index (χ1n) is 8.86. The second-order valence-corrected chi connectivity index (χ2v) is 7.81. The minimum atomic E-state index is 0.872. The lowest BCUT2D eigenvalue weighted by Gasteiger charge is -2.20. The summed E-state index contributed by atoms with van der Waals surface area (Å²) in [6.45, 7) is 9.02. The van der Waals surface area contributed by atoms with Crippen LogP contribution in [-0.2, 0) is 0 Å². The molecule has 3 rings (SSSR count). The summed E-state index contributed by atoms with van der Waals surface area (Å²) >= 11 is 0. The molecule has 108 valence electrons. The molecule has 0 amide bonds. The standard InChI is InChI=1S/C19H32/c1-4-14-8-6-5-7-9-15-10-19(15)17(13(2)3)11-16-12-18(14)16/h14-19H,2,4-12H2,1,3H3. The molecule has 3 saturated carbocycles. The SMILES string of the molecule is C=C(C)C1CC2CC2C(CC)CCCCCC2CC21. The topological polar surface area (TPSA) is 0 Å². The third-order valence-corrected chi connectivity index (χ3v) is 6.44. The van der Waals surface area contributed by atoms with Crippen LogP contribution in [0.2, 0.25) is 0 Å². The summed E-state index contributed by atoms with van der Waals surface area (Å²) in [6, 6.07) is 0. The molecular weight excluding hydrogens is 228 g/mol. The van der Waals surface area contributed by atoms with E-state index in [9.17, 15) is 0 Å². The zero-order chi connectivity index (χ0) is 13.4. The normalized spacial score (nSPS) is 46.2. The molecule has 0 nitrogen and oxygen atoms in total. The van der Waals surface area contributed by atoms with Gasteiger partial charge in [-0.25, -0.2) is 0 Å². The first-order chi connectivity index (χ1) is 9.20. The number of rotatable bonds is 2. The molecule has 0 bridgehead atoms. The van der Waals surface area contributed by atoms with Gasteiger partial charge in [0, 0.05) is 0 Å². The van der Waals surface area contributed by atoms with Crippen LogP contribution in [0.3, 0.4) is 0 Å². The van der Waals surface area contributed by atoms with E-state index in [1.807, 2.05) is 0 Å². The van der Waals surface area contributed by atoms with Crippen molar-refractivity contribution in [3.63, 3.8) is 0 Å². The lowest BCUT2D eigenvalue weighted by molar-refractivity contribution is 0.338. The molecule has 0 aromatic rings. The molecule has 0 saturated heterocycles. The summed E-state index contributed by atoms with van der Waals surface area (Å²) in [7, 11) is 0. The molecule has 0 aromatic heterocycles. The Morgan fingerprint density at radius 2 is 1.68 bits per heavy atom. The van der Waals surface area contributed by atoms with Gasteiger partial charge in [-0.15, -0.1) is 0 Å². The van der Waals surface area contributed by atoms with Gasteiger partial charge in [-0.05, 0) is 61.7 Å². The zero-order valence-electron chi connectivity index (χ0n) is 13.0. The summed E-state index contributed by atoms with van der Waals surface area (Å²) in [5.41, 5.74) is 1.49. The summed E-state index contributed by atoms with van der Waals surface area (Å²) in [4.78, 5) is 0. The van der Waals surface area contributed by atoms with Crippen molar-refractivity contribution in [2.45, 2.75) is 71.6 Å². The Hall–Kier alpha value is -0.260. The largest absolute Gasteiger partial charge is 0.0999 e. The van der Waals surface area contributed by atoms with E-state index in [0.717, 1.165) is 35.5 Å². The van der Waals surface area contributed by atoms with E-state index in [1.54, 1.807) is 6.42 Å². The van der Waals surface area contributed by atoms with Gasteiger partial charge in [-0.1, -0.05) is 57.6 Å². The first-order valence-corrected chi connectivity index (χ1v) is 8.86. The number of allylic oxidation sites excluding steroid dienone is 1. The highest BCUT2D eigenvalue weighted by Crippen LogP contribution is 2.57. The van der Waals surface area contributed by atoms with E-state index in [-0.39, 0.29) is 0 Å². The molecule has 0 aliphatic heterocycles. The number of fused-ring (bicyclic) bond motifs is 2. The van der Waals surface area contributed by atoms with Gasteiger partial charge in [-0.3, -0.25) is 0 Å². The molecular formula is C19H32. The Kier molecular flexibility index (Phi) is 4.06. The van der Waals surface area contributed by atoms with E-state index in [0.29, 0.717) is 0 Å². The number of hydrogen-bond acceptors (Lipinski definition) is 0. The molecule has 3 aliphatic rings. The van der Waals surface area contributed by atoms with Crippen molar-refractivity contribution >= 4 is 0 Å². The summed E-state index contributed by atoms with van der Waals surface area (Å²) in [5.74, 6) is 6.16. The molecule has 0 radical (unpaired) electrons. The fourth-order valence-electron chi connectivity index (χ4n) is 4.99. The Morgan fingerprint density at radius 3 is 2.42 bits per heavy atom. The van der Waals surface area contributed by atoms with Crippen LogP contribution >= 0.6 is 0 Å². The van der Waals surface area contributed by atoms with E-state index in [1.165, 1.54) is 56.9 Å². The molecule has 0 heteroatoms. The van der Waals surface area contributed by atoms with Crippen molar-refractivity contribution in [1.29, 1.82) is 0 Å². The van der Waals surface area contributed by atoms with Crippen molar-refractivity contribution in [2.75, 3.05) is 0 Å². The van der Waals surface area contributed by atoms with Gasteiger partial charge in [0.25, 0.3) is 0 Å². The number of hydrogen-bond donors (Lipinski definition) is 0. The minimum Gasteiger partial charge on any atom is -0.0999 e. The molecule has 0 N–H and O–H groups in total. The van der Waals surface area contributed by atoms with E-state index in [4.69, 9.17) is 0 Å². The van der Waals surface area contributed by atoms with Crippen LogP contribution in [0.5, 0.6) is 0 Å². The third kappa shape index (κ3) is 3.09. The monoisotopic (exact) mass is 260 g/mol. The Labute approximate surface area is 120 Å². The second kappa shape index (κ2) is 5.62. The van der Waals surface area contributed by atoms with Gasteiger partial charge in [0.2, 0.25) is 0 Å². The van der Waals surface area contributed by atoms with Crippen LogP contribution in [0, 0.1) is 35.5 Å². The summed E-state index contributed by atoms with van der Waals surface area (Å²) < 4.78 is 0. The van der Waals surface area contributed by atoms with E-state index < -0.39 is 0 Å². The molecule has 3 aliphatic carbocycles.